The number of fused-ring (bicyclic) bond motifs is 3. The van der Waals surface area contributed by atoms with Gasteiger partial charge < -0.3 is 20.2 Å². The van der Waals surface area contributed by atoms with Crippen molar-refractivity contribution in [1.82, 2.24) is 10.2 Å². The fraction of sp³-hybridized carbons (Fsp3) is 0.640. The molecule has 2 amide bonds. The Hall–Kier alpha value is -2.01. The smallest absolute Gasteiger partial charge is 0.318 e. The number of aliphatic hydroxyl groups excluding tert-OH is 1. The van der Waals surface area contributed by atoms with E-state index >= 15 is 0 Å². The van der Waals surface area contributed by atoms with Crippen LogP contribution in [0.5, 0.6) is 0 Å². The molecule has 3 atom stereocenters. The highest BCUT2D eigenvalue weighted by Gasteiger charge is 2.48. The molecule has 2 fully saturated rings. The number of hydrogen-bond acceptors (Lipinski definition) is 3. The maximum atomic E-state index is 13.3. The maximum absolute atomic E-state index is 13.3. The predicted molar refractivity (Wildman–Crippen MR) is 121 cm³/mol. The average molecular weight is 410 g/mol. The van der Waals surface area contributed by atoms with Crippen LogP contribution >= 0.6 is 0 Å². The minimum absolute atomic E-state index is 0.0545. The van der Waals surface area contributed by atoms with Gasteiger partial charge in [-0.15, -0.1) is 0 Å². The van der Waals surface area contributed by atoms with Crippen LogP contribution < -0.4 is 10.2 Å². The van der Waals surface area contributed by atoms with Crippen molar-refractivity contribution in [3.05, 3.63) is 35.4 Å². The molecule has 1 saturated carbocycles. The summed E-state index contributed by atoms with van der Waals surface area (Å²) in [6.45, 7) is 0.896. The largest absolute Gasteiger partial charge is 0.394 e. The number of nitrogens with zero attached hydrogens (tertiary/aromatic N) is 2. The van der Waals surface area contributed by atoms with Crippen molar-refractivity contribution >= 4 is 17.3 Å². The van der Waals surface area contributed by atoms with E-state index in [4.69, 9.17) is 0 Å². The highest BCUT2D eigenvalue weighted by molar-refractivity contribution is 5.77. The van der Waals surface area contributed by atoms with Crippen LogP contribution in [0.15, 0.2) is 24.3 Å². The molecular weight excluding hydrogens is 374 g/mol. The Kier molecular flexibility index (Phi) is 5.48. The lowest BCUT2D eigenvalue weighted by atomic mass is 9.80. The highest BCUT2D eigenvalue weighted by atomic mass is 16.3. The van der Waals surface area contributed by atoms with Crippen molar-refractivity contribution in [2.75, 3.05) is 25.1 Å². The van der Waals surface area contributed by atoms with Crippen molar-refractivity contribution < 1.29 is 9.90 Å². The molecule has 0 spiro atoms. The van der Waals surface area contributed by atoms with Crippen molar-refractivity contribution in [3.8, 4) is 0 Å². The molecule has 5 heteroatoms. The number of carbonyl (C=O) groups excluding carboxylic acids is 1. The number of allylic oxidation sites excluding steroid dienone is 2. The zero-order chi connectivity index (χ0) is 20.7. The van der Waals surface area contributed by atoms with Gasteiger partial charge in [0.15, 0.2) is 0 Å². The van der Waals surface area contributed by atoms with Crippen LogP contribution in [0.2, 0.25) is 0 Å². The van der Waals surface area contributed by atoms with E-state index in [0.717, 1.165) is 37.9 Å². The van der Waals surface area contributed by atoms with Crippen LogP contribution in [0.4, 0.5) is 10.5 Å². The maximum Gasteiger partial charge on any atom is 0.318 e. The standard InChI is InChI=1S/C25H35N3O2/c1-27-22-12-11-18(17-7-3-2-4-8-17)15-21(22)24-20(23(27)16-29)13-14-28(24)25(30)26-19-9-5-6-10-19/h7,11-12,15,19-20,23-24,29H,2-6,8-10,13-14,16H2,1H3,(H,26,30)/t20-,23+,24-/m0/s1. The van der Waals surface area contributed by atoms with Gasteiger partial charge in [0.1, 0.15) is 0 Å². The molecule has 5 nitrogen and oxygen atoms in total. The van der Waals surface area contributed by atoms with Gasteiger partial charge in [-0.05, 0) is 73.8 Å². The minimum atomic E-state index is 0.0545. The predicted octanol–water partition coefficient (Wildman–Crippen LogP) is 4.47. The summed E-state index contributed by atoms with van der Waals surface area (Å²) >= 11 is 0. The molecule has 0 bridgehead atoms. The molecule has 0 unspecified atom stereocenters. The molecule has 4 aliphatic rings. The number of likely N-dealkylation sites (N-methyl/N-ethyl adjacent to an activating group) is 1. The lowest BCUT2D eigenvalue weighted by Gasteiger charge is -2.44. The quantitative estimate of drug-likeness (QED) is 0.774. The summed E-state index contributed by atoms with van der Waals surface area (Å²) in [7, 11) is 2.09. The Balaban J connectivity index is 1.50. The summed E-state index contributed by atoms with van der Waals surface area (Å²) in [5.74, 6) is 0.275. The molecule has 0 aromatic heterocycles. The average Bonchev–Trinajstić information content (AvgIpc) is 3.44. The Morgan fingerprint density at radius 1 is 1.17 bits per heavy atom. The lowest BCUT2D eigenvalue weighted by Crippen LogP contribution is -2.50. The van der Waals surface area contributed by atoms with Crippen LogP contribution in [0.3, 0.4) is 0 Å². The van der Waals surface area contributed by atoms with E-state index in [-0.39, 0.29) is 30.6 Å². The van der Waals surface area contributed by atoms with Crippen molar-refractivity contribution in [2.24, 2.45) is 5.92 Å². The summed E-state index contributed by atoms with van der Waals surface area (Å²) in [4.78, 5) is 17.6. The van der Waals surface area contributed by atoms with Gasteiger partial charge in [-0.2, -0.15) is 0 Å². The van der Waals surface area contributed by atoms with Gasteiger partial charge in [0.05, 0.1) is 18.7 Å². The minimum Gasteiger partial charge on any atom is -0.394 e. The second kappa shape index (κ2) is 8.26. The molecule has 1 aromatic carbocycles. The summed E-state index contributed by atoms with van der Waals surface area (Å²) in [5, 5.41) is 13.5. The van der Waals surface area contributed by atoms with Crippen LogP contribution in [-0.2, 0) is 0 Å². The number of anilines is 1. The number of nitrogens with one attached hydrogen (secondary N) is 1. The van der Waals surface area contributed by atoms with E-state index in [2.05, 4.69) is 46.4 Å². The van der Waals surface area contributed by atoms with Gasteiger partial charge in [-0.3, -0.25) is 0 Å². The first-order valence-corrected chi connectivity index (χ1v) is 11.9. The van der Waals surface area contributed by atoms with Gasteiger partial charge >= 0.3 is 6.03 Å². The van der Waals surface area contributed by atoms with E-state index in [9.17, 15) is 9.90 Å². The Morgan fingerprint density at radius 2 is 2.00 bits per heavy atom. The first kappa shape index (κ1) is 19.9. The second-order valence-corrected chi connectivity index (χ2v) is 9.63. The Morgan fingerprint density at radius 3 is 2.73 bits per heavy atom. The van der Waals surface area contributed by atoms with Crippen molar-refractivity contribution in [2.45, 2.75) is 75.9 Å². The van der Waals surface area contributed by atoms with E-state index in [0.29, 0.717) is 6.04 Å². The zero-order valence-corrected chi connectivity index (χ0v) is 18.1. The SMILES string of the molecule is CN1c2ccc(C3=CCCCC3)cc2[C@@H]2[C@@H](CCN2C(=O)NC2CCCC2)[C@H]1CO. The van der Waals surface area contributed by atoms with Gasteiger partial charge in [0.25, 0.3) is 0 Å². The summed E-state index contributed by atoms with van der Waals surface area (Å²) in [6, 6.07) is 7.32. The normalized spacial score (nSPS) is 28.9. The molecule has 30 heavy (non-hydrogen) atoms. The van der Waals surface area contributed by atoms with Gasteiger partial charge in [0, 0.05) is 31.2 Å². The Bertz CT molecular complexity index is 830. The molecule has 2 N–H and O–H groups in total. The van der Waals surface area contributed by atoms with E-state index in [1.54, 1.807) is 0 Å². The first-order chi connectivity index (χ1) is 14.7. The highest BCUT2D eigenvalue weighted by Crippen LogP contribution is 2.49. The third-order valence-electron chi connectivity index (χ3n) is 7.95. The summed E-state index contributed by atoms with van der Waals surface area (Å²) in [5.41, 5.74) is 5.19. The first-order valence-electron chi connectivity index (χ1n) is 11.9. The van der Waals surface area contributed by atoms with Gasteiger partial charge in [-0.25, -0.2) is 4.79 Å². The summed E-state index contributed by atoms with van der Waals surface area (Å²) in [6.07, 6.45) is 12.8. The number of likely N-dealkylation sites (tertiary alicyclic amines) is 1. The third-order valence-corrected chi connectivity index (χ3v) is 7.95. The molecule has 1 aromatic rings. The lowest BCUT2D eigenvalue weighted by molar-refractivity contribution is 0.158. The van der Waals surface area contributed by atoms with E-state index in [1.165, 1.54) is 48.8 Å². The molecule has 2 aliphatic carbocycles. The molecule has 162 valence electrons. The third kappa shape index (κ3) is 3.41. The van der Waals surface area contributed by atoms with Crippen molar-refractivity contribution in [1.29, 1.82) is 0 Å². The monoisotopic (exact) mass is 409 g/mol. The molecular formula is C25H35N3O2. The molecule has 2 aliphatic heterocycles. The van der Waals surface area contributed by atoms with Crippen LogP contribution in [-0.4, -0.2) is 48.3 Å². The number of urea groups is 1. The molecule has 0 radical (unpaired) electrons. The van der Waals surface area contributed by atoms with Crippen LogP contribution in [0.25, 0.3) is 5.57 Å². The number of carbonyl (C=O) groups is 1. The Labute approximate surface area is 180 Å². The topological polar surface area (TPSA) is 55.8 Å². The number of hydrogen-bond donors (Lipinski definition) is 2. The van der Waals surface area contributed by atoms with Gasteiger partial charge in [0.2, 0.25) is 0 Å². The van der Waals surface area contributed by atoms with Crippen LogP contribution in [0, 0.1) is 5.92 Å². The molecule has 5 rings (SSSR count). The van der Waals surface area contributed by atoms with Crippen molar-refractivity contribution in [3.63, 3.8) is 0 Å². The second-order valence-electron chi connectivity index (χ2n) is 9.63. The molecule has 1 saturated heterocycles. The number of aliphatic hydroxyl groups is 1. The molecule has 2 heterocycles. The summed E-state index contributed by atoms with van der Waals surface area (Å²) < 4.78 is 0. The van der Waals surface area contributed by atoms with Crippen LogP contribution in [0.1, 0.15) is 75.0 Å². The van der Waals surface area contributed by atoms with Gasteiger partial charge in [-0.1, -0.05) is 25.0 Å². The number of benzene rings is 1. The van der Waals surface area contributed by atoms with E-state index < -0.39 is 0 Å². The fourth-order valence-electron chi connectivity index (χ4n) is 6.31. The number of amides is 2. The zero-order valence-electron chi connectivity index (χ0n) is 18.1. The van der Waals surface area contributed by atoms with E-state index in [1.807, 2.05) is 0 Å². The number of rotatable bonds is 3. The fourth-order valence-corrected chi connectivity index (χ4v) is 6.31.